The zero-order chi connectivity index (χ0) is 14.1. The summed E-state index contributed by atoms with van der Waals surface area (Å²) in [6.07, 6.45) is 2.19. The van der Waals surface area contributed by atoms with Crippen molar-refractivity contribution in [1.29, 1.82) is 5.41 Å². The molecule has 0 saturated heterocycles. The van der Waals surface area contributed by atoms with Gasteiger partial charge < -0.3 is 5.73 Å². The summed E-state index contributed by atoms with van der Waals surface area (Å²) in [6.45, 7) is 0. The molecular weight excluding hydrogens is 279 g/mol. The Labute approximate surface area is 119 Å². The second-order valence-corrected chi connectivity index (χ2v) is 5.59. The predicted octanol–water partition coefficient (Wildman–Crippen LogP) is 1.72. The number of hydrogen-bond acceptors (Lipinski definition) is 5. The summed E-state index contributed by atoms with van der Waals surface area (Å²) in [5, 5.41) is 19.5. The van der Waals surface area contributed by atoms with Crippen LogP contribution in [0.5, 0.6) is 0 Å². The Bertz CT molecular complexity index is 651. The van der Waals surface area contributed by atoms with Gasteiger partial charge in [-0.15, -0.1) is 5.10 Å². The van der Waals surface area contributed by atoms with Crippen molar-refractivity contribution in [2.45, 2.75) is 29.8 Å². The summed E-state index contributed by atoms with van der Waals surface area (Å²) in [5.74, 6) is -0.0617. The van der Waals surface area contributed by atoms with Gasteiger partial charge in [0.15, 0.2) is 0 Å². The molecule has 0 radical (unpaired) electrons. The highest BCUT2D eigenvalue weighted by molar-refractivity contribution is 7.98. The number of benzene rings is 1. The lowest BCUT2D eigenvalue weighted by atomic mass is 10.1. The van der Waals surface area contributed by atoms with E-state index in [4.69, 9.17) is 11.1 Å². The Morgan fingerprint density at radius 2 is 2.30 bits per heavy atom. The fourth-order valence-corrected chi connectivity index (χ4v) is 2.73. The maximum absolute atomic E-state index is 13.9. The SMILES string of the molecule is N=C(N)c1ccc(CSc2nnnn2C2CC2)c(F)c1. The van der Waals surface area contributed by atoms with Gasteiger partial charge in [0.2, 0.25) is 5.16 Å². The first-order valence-corrected chi connectivity index (χ1v) is 7.17. The largest absolute Gasteiger partial charge is 0.384 e. The van der Waals surface area contributed by atoms with Crippen molar-refractivity contribution in [3.8, 4) is 0 Å². The third-order valence-electron chi connectivity index (χ3n) is 3.08. The molecule has 0 amide bonds. The molecule has 0 bridgehead atoms. The number of nitrogen functional groups attached to an aromatic ring is 1. The molecule has 1 heterocycles. The highest BCUT2D eigenvalue weighted by Gasteiger charge is 2.27. The molecule has 1 aromatic heterocycles. The molecule has 0 atom stereocenters. The smallest absolute Gasteiger partial charge is 0.209 e. The van der Waals surface area contributed by atoms with Gasteiger partial charge in [-0.3, -0.25) is 5.41 Å². The molecular formula is C12H13FN6S. The van der Waals surface area contributed by atoms with Gasteiger partial charge >= 0.3 is 0 Å². The van der Waals surface area contributed by atoms with Crippen LogP contribution in [0.1, 0.15) is 30.0 Å². The van der Waals surface area contributed by atoms with Gasteiger partial charge in [0, 0.05) is 11.3 Å². The molecule has 8 heteroatoms. The predicted molar refractivity (Wildman–Crippen MR) is 73.1 cm³/mol. The lowest BCUT2D eigenvalue weighted by molar-refractivity contribution is 0.565. The van der Waals surface area contributed by atoms with Crippen LogP contribution >= 0.6 is 11.8 Å². The van der Waals surface area contributed by atoms with E-state index in [0.29, 0.717) is 28.1 Å². The fraction of sp³-hybridized carbons (Fsp3) is 0.333. The van der Waals surface area contributed by atoms with E-state index >= 15 is 0 Å². The topological polar surface area (TPSA) is 93.5 Å². The third kappa shape index (κ3) is 2.64. The first-order valence-electron chi connectivity index (χ1n) is 6.18. The van der Waals surface area contributed by atoms with Crippen molar-refractivity contribution < 1.29 is 4.39 Å². The molecule has 1 aliphatic rings. The van der Waals surface area contributed by atoms with Crippen molar-refractivity contribution in [3.63, 3.8) is 0 Å². The van der Waals surface area contributed by atoms with Crippen LogP contribution in [0.4, 0.5) is 4.39 Å². The van der Waals surface area contributed by atoms with Crippen LogP contribution in [0.3, 0.4) is 0 Å². The number of nitrogens with zero attached hydrogens (tertiary/aromatic N) is 4. The molecule has 20 heavy (non-hydrogen) atoms. The van der Waals surface area contributed by atoms with Crippen molar-refractivity contribution in [1.82, 2.24) is 20.2 Å². The maximum atomic E-state index is 13.9. The number of aromatic nitrogens is 4. The Balaban J connectivity index is 1.71. The molecule has 0 aliphatic heterocycles. The summed E-state index contributed by atoms with van der Waals surface area (Å²) in [5.41, 5.74) is 6.26. The van der Waals surface area contributed by atoms with E-state index in [1.165, 1.54) is 17.8 Å². The number of nitrogens with two attached hydrogens (primary N) is 1. The molecule has 1 aromatic carbocycles. The number of nitrogens with one attached hydrogen (secondary N) is 1. The standard InChI is InChI=1S/C12H13FN6S/c13-10-5-7(11(14)15)1-2-8(10)6-20-12-16-17-18-19(12)9-3-4-9/h1-2,5,9H,3-4,6H2,(H3,14,15). The van der Waals surface area contributed by atoms with E-state index in [9.17, 15) is 4.39 Å². The molecule has 1 aliphatic carbocycles. The first kappa shape index (κ1) is 13.0. The van der Waals surface area contributed by atoms with Gasteiger partial charge in [0.05, 0.1) is 6.04 Å². The number of halogens is 1. The zero-order valence-electron chi connectivity index (χ0n) is 10.6. The summed E-state index contributed by atoms with van der Waals surface area (Å²) < 4.78 is 15.7. The van der Waals surface area contributed by atoms with Crippen LogP contribution < -0.4 is 5.73 Å². The first-order chi connectivity index (χ1) is 9.65. The molecule has 3 rings (SSSR count). The number of rotatable bonds is 5. The van der Waals surface area contributed by atoms with Crippen molar-refractivity contribution in [2.24, 2.45) is 5.73 Å². The third-order valence-corrected chi connectivity index (χ3v) is 4.06. The van der Waals surface area contributed by atoms with Crippen molar-refractivity contribution in [2.75, 3.05) is 0 Å². The zero-order valence-corrected chi connectivity index (χ0v) is 11.4. The van der Waals surface area contributed by atoms with Crippen LogP contribution in [0.2, 0.25) is 0 Å². The molecule has 1 fully saturated rings. The van der Waals surface area contributed by atoms with E-state index in [1.54, 1.807) is 16.8 Å². The van der Waals surface area contributed by atoms with Crippen LogP contribution in [0, 0.1) is 11.2 Å². The minimum Gasteiger partial charge on any atom is -0.384 e. The van der Waals surface area contributed by atoms with Crippen molar-refractivity contribution >= 4 is 17.6 Å². The molecule has 0 spiro atoms. The lowest BCUT2D eigenvalue weighted by Crippen LogP contribution is -2.11. The van der Waals surface area contributed by atoms with Gasteiger partial charge in [0.1, 0.15) is 11.7 Å². The summed E-state index contributed by atoms with van der Waals surface area (Å²) in [6, 6.07) is 4.97. The van der Waals surface area contributed by atoms with E-state index in [2.05, 4.69) is 15.5 Å². The second kappa shape index (κ2) is 5.20. The van der Waals surface area contributed by atoms with Crippen LogP contribution in [0.15, 0.2) is 23.4 Å². The molecule has 3 N–H and O–H groups in total. The fourth-order valence-electron chi connectivity index (χ4n) is 1.80. The van der Waals surface area contributed by atoms with Gasteiger partial charge in [-0.1, -0.05) is 23.9 Å². The van der Waals surface area contributed by atoms with Crippen LogP contribution in [-0.4, -0.2) is 26.0 Å². The molecule has 0 unspecified atom stereocenters. The monoisotopic (exact) mass is 292 g/mol. The Kier molecular flexibility index (Phi) is 3.39. The molecule has 1 saturated carbocycles. The second-order valence-electron chi connectivity index (χ2n) is 4.65. The van der Waals surface area contributed by atoms with E-state index < -0.39 is 0 Å². The highest BCUT2D eigenvalue weighted by Crippen LogP contribution is 2.37. The van der Waals surface area contributed by atoms with Gasteiger partial charge in [-0.25, -0.2) is 9.07 Å². The van der Waals surface area contributed by atoms with Crippen LogP contribution in [-0.2, 0) is 5.75 Å². The Morgan fingerprint density at radius 3 is 2.95 bits per heavy atom. The van der Waals surface area contributed by atoms with E-state index in [-0.39, 0.29) is 11.7 Å². The molecule has 104 valence electrons. The van der Waals surface area contributed by atoms with Gasteiger partial charge in [-0.2, -0.15) is 0 Å². The summed E-state index contributed by atoms with van der Waals surface area (Å²) in [7, 11) is 0. The van der Waals surface area contributed by atoms with E-state index in [1.807, 2.05) is 0 Å². The Hall–Kier alpha value is -1.96. The number of thioether (sulfide) groups is 1. The molecule has 2 aromatic rings. The number of tetrazole rings is 1. The van der Waals surface area contributed by atoms with E-state index in [0.717, 1.165) is 12.8 Å². The van der Waals surface area contributed by atoms with Crippen molar-refractivity contribution in [3.05, 3.63) is 35.1 Å². The Morgan fingerprint density at radius 1 is 1.50 bits per heavy atom. The van der Waals surface area contributed by atoms with Crippen LogP contribution in [0.25, 0.3) is 0 Å². The maximum Gasteiger partial charge on any atom is 0.209 e. The number of hydrogen-bond donors (Lipinski definition) is 2. The minimum absolute atomic E-state index is 0.138. The quantitative estimate of drug-likeness (QED) is 0.497. The average molecular weight is 292 g/mol. The van der Waals surface area contributed by atoms with Gasteiger partial charge in [0.25, 0.3) is 0 Å². The normalized spacial score (nSPS) is 14.4. The highest BCUT2D eigenvalue weighted by atomic mass is 32.2. The molecule has 6 nitrogen and oxygen atoms in total. The van der Waals surface area contributed by atoms with Gasteiger partial charge in [-0.05, 0) is 34.9 Å². The summed E-state index contributed by atoms with van der Waals surface area (Å²) in [4.78, 5) is 0. The lowest BCUT2D eigenvalue weighted by Gasteiger charge is -2.05. The minimum atomic E-state index is -0.365. The summed E-state index contributed by atoms with van der Waals surface area (Å²) >= 11 is 1.41. The number of amidine groups is 1. The average Bonchev–Trinajstić information content (AvgIpc) is 3.16.